The van der Waals surface area contributed by atoms with Crippen LogP contribution >= 0.6 is 22.9 Å². The van der Waals surface area contributed by atoms with Crippen LogP contribution in [0.3, 0.4) is 0 Å². The van der Waals surface area contributed by atoms with E-state index in [1.807, 2.05) is 24.3 Å². The van der Waals surface area contributed by atoms with Crippen LogP contribution in [-0.4, -0.2) is 9.97 Å². The second-order valence-corrected chi connectivity index (χ2v) is 10.00. The van der Waals surface area contributed by atoms with Crippen LogP contribution in [0, 0.1) is 6.92 Å². The van der Waals surface area contributed by atoms with Crippen molar-refractivity contribution in [1.29, 1.82) is 0 Å². The largest absolute Gasteiger partial charge is 0.310 e. The van der Waals surface area contributed by atoms with Crippen molar-refractivity contribution in [1.82, 2.24) is 9.97 Å². The number of nitrogens with one attached hydrogen (secondary N) is 1. The van der Waals surface area contributed by atoms with Crippen LogP contribution in [0.5, 0.6) is 0 Å². The molecule has 0 saturated carbocycles. The molecule has 0 aliphatic rings. The molecule has 29 heavy (non-hydrogen) atoms. The van der Waals surface area contributed by atoms with E-state index in [4.69, 9.17) is 16.6 Å². The lowest BCUT2D eigenvalue weighted by Crippen LogP contribution is -2.12. The Kier molecular flexibility index (Phi) is 5.09. The predicted molar refractivity (Wildman–Crippen MR) is 123 cm³/mol. The molecular formula is C24H23ClN2OS. The Balaban J connectivity index is 1.76. The topological polar surface area (TPSA) is 45.8 Å². The molecule has 0 atom stereocenters. The van der Waals surface area contributed by atoms with E-state index in [1.54, 1.807) is 11.3 Å². The minimum absolute atomic E-state index is 0.0850. The molecule has 2 heterocycles. The fourth-order valence-corrected chi connectivity index (χ4v) is 4.72. The van der Waals surface area contributed by atoms with Gasteiger partial charge in [-0.2, -0.15) is 0 Å². The van der Waals surface area contributed by atoms with E-state index in [0.29, 0.717) is 22.7 Å². The first-order chi connectivity index (χ1) is 13.7. The first-order valence-electron chi connectivity index (χ1n) is 9.60. The van der Waals surface area contributed by atoms with Gasteiger partial charge in [0.1, 0.15) is 10.7 Å². The minimum atomic E-state index is -0.0850. The Hall–Kier alpha value is -2.43. The number of aryl methyl sites for hydroxylation is 1. The number of halogens is 1. The van der Waals surface area contributed by atoms with E-state index >= 15 is 0 Å². The monoisotopic (exact) mass is 422 g/mol. The van der Waals surface area contributed by atoms with E-state index in [-0.39, 0.29) is 11.0 Å². The predicted octanol–water partition coefficient (Wildman–Crippen LogP) is 6.50. The van der Waals surface area contributed by atoms with Crippen LogP contribution in [-0.2, 0) is 11.8 Å². The van der Waals surface area contributed by atoms with Gasteiger partial charge in [0.2, 0.25) is 0 Å². The number of H-pyrrole nitrogens is 1. The molecule has 0 saturated heterocycles. The zero-order chi connectivity index (χ0) is 20.8. The molecule has 2 aromatic heterocycles. The van der Waals surface area contributed by atoms with Gasteiger partial charge in [-0.05, 0) is 41.2 Å². The fourth-order valence-electron chi connectivity index (χ4n) is 3.53. The molecule has 0 amide bonds. The molecule has 0 unspecified atom stereocenters. The molecule has 0 aliphatic carbocycles. The van der Waals surface area contributed by atoms with Crippen LogP contribution in [0.15, 0.2) is 53.3 Å². The third kappa shape index (κ3) is 4.00. The maximum atomic E-state index is 13.0. The summed E-state index contributed by atoms with van der Waals surface area (Å²) in [6.45, 7) is 8.65. The number of rotatable bonds is 3. The second kappa shape index (κ2) is 7.43. The summed E-state index contributed by atoms with van der Waals surface area (Å²) in [7, 11) is 0. The lowest BCUT2D eigenvalue weighted by molar-refractivity contribution is 0.590. The van der Waals surface area contributed by atoms with E-state index in [2.05, 4.69) is 56.9 Å². The normalized spacial score (nSPS) is 11.9. The number of hydrogen-bond donors (Lipinski definition) is 1. The van der Waals surface area contributed by atoms with Gasteiger partial charge in [-0.3, -0.25) is 4.79 Å². The summed E-state index contributed by atoms with van der Waals surface area (Å²) in [5.74, 6) is 0.667. The number of aromatic nitrogens is 2. The molecule has 0 aliphatic heterocycles. The van der Waals surface area contributed by atoms with Crippen molar-refractivity contribution >= 4 is 33.2 Å². The van der Waals surface area contributed by atoms with Gasteiger partial charge < -0.3 is 4.98 Å². The van der Waals surface area contributed by atoms with E-state index in [1.165, 1.54) is 5.56 Å². The van der Waals surface area contributed by atoms with Gasteiger partial charge in [-0.15, -0.1) is 11.3 Å². The van der Waals surface area contributed by atoms with Crippen LogP contribution in [0.1, 0.15) is 42.6 Å². The SMILES string of the molecule is Cc1sc2nc(Cc3ccc(Cl)cc3)[nH]c(=O)c2c1-c1ccc(C(C)(C)C)cc1. The van der Waals surface area contributed by atoms with Crippen molar-refractivity contribution in [2.75, 3.05) is 0 Å². The summed E-state index contributed by atoms with van der Waals surface area (Å²) < 4.78 is 0. The number of hydrogen-bond acceptors (Lipinski definition) is 3. The number of benzene rings is 2. The van der Waals surface area contributed by atoms with E-state index in [9.17, 15) is 4.79 Å². The summed E-state index contributed by atoms with van der Waals surface area (Å²) in [4.78, 5) is 22.6. The van der Waals surface area contributed by atoms with E-state index in [0.717, 1.165) is 26.4 Å². The van der Waals surface area contributed by atoms with Gasteiger partial charge in [0.25, 0.3) is 5.56 Å². The molecule has 0 bridgehead atoms. The van der Waals surface area contributed by atoms with Gasteiger partial charge in [0, 0.05) is 21.9 Å². The Morgan fingerprint density at radius 3 is 2.31 bits per heavy atom. The summed E-state index contributed by atoms with van der Waals surface area (Å²) in [6, 6.07) is 16.1. The van der Waals surface area contributed by atoms with Gasteiger partial charge >= 0.3 is 0 Å². The Morgan fingerprint density at radius 2 is 1.69 bits per heavy atom. The maximum Gasteiger partial charge on any atom is 0.260 e. The average Bonchev–Trinajstić information content (AvgIpc) is 2.99. The molecule has 5 heteroatoms. The van der Waals surface area contributed by atoms with Crippen LogP contribution in [0.25, 0.3) is 21.3 Å². The van der Waals surface area contributed by atoms with Gasteiger partial charge in [0.05, 0.1) is 5.39 Å². The van der Waals surface area contributed by atoms with Crippen LogP contribution in [0.2, 0.25) is 5.02 Å². The zero-order valence-corrected chi connectivity index (χ0v) is 18.5. The molecule has 3 nitrogen and oxygen atoms in total. The zero-order valence-electron chi connectivity index (χ0n) is 17.0. The highest BCUT2D eigenvalue weighted by atomic mass is 35.5. The fraction of sp³-hybridized carbons (Fsp3) is 0.250. The Morgan fingerprint density at radius 1 is 1.03 bits per heavy atom. The first kappa shape index (κ1) is 19.9. The Bertz CT molecular complexity index is 1230. The average molecular weight is 423 g/mol. The van der Waals surface area contributed by atoms with Gasteiger partial charge in [-0.1, -0.05) is 68.8 Å². The van der Waals surface area contributed by atoms with Crippen molar-refractivity contribution in [3.63, 3.8) is 0 Å². The molecule has 0 spiro atoms. The highest BCUT2D eigenvalue weighted by Gasteiger charge is 2.18. The molecule has 4 rings (SSSR count). The maximum absolute atomic E-state index is 13.0. The van der Waals surface area contributed by atoms with Gasteiger partial charge in [-0.25, -0.2) is 4.98 Å². The summed E-state index contributed by atoms with van der Waals surface area (Å²) in [5.41, 5.74) is 4.38. The standard InChI is InChI=1S/C24H23ClN2OS/c1-14-20(16-7-9-17(10-8-16)24(2,3)4)21-22(28)26-19(27-23(21)29-14)13-15-5-11-18(25)12-6-15/h5-12H,13H2,1-4H3,(H,26,27,28). The third-order valence-electron chi connectivity index (χ3n) is 5.11. The van der Waals surface area contributed by atoms with Crippen molar-refractivity contribution in [2.24, 2.45) is 0 Å². The lowest BCUT2D eigenvalue weighted by Gasteiger charge is -2.19. The third-order valence-corrected chi connectivity index (χ3v) is 6.36. The molecule has 4 aromatic rings. The van der Waals surface area contributed by atoms with Crippen LogP contribution < -0.4 is 5.56 Å². The van der Waals surface area contributed by atoms with Crippen molar-refractivity contribution in [2.45, 2.75) is 39.5 Å². The van der Waals surface area contributed by atoms with Crippen LogP contribution in [0.4, 0.5) is 0 Å². The highest BCUT2D eigenvalue weighted by Crippen LogP contribution is 2.36. The number of fused-ring (bicyclic) bond motifs is 1. The summed E-state index contributed by atoms with van der Waals surface area (Å²) in [6.07, 6.45) is 0.564. The smallest absolute Gasteiger partial charge is 0.260 e. The van der Waals surface area contributed by atoms with E-state index < -0.39 is 0 Å². The molecule has 1 N–H and O–H groups in total. The van der Waals surface area contributed by atoms with Gasteiger partial charge in [0.15, 0.2) is 0 Å². The quantitative estimate of drug-likeness (QED) is 0.409. The molecule has 148 valence electrons. The second-order valence-electron chi connectivity index (χ2n) is 8.36. The Labute approximate surface area is 179 Å². The molecule has 0 fully saturated rings. The van der Waals surface area contributed by atoms with Crippen molar-refractivity contribution in [3.8, 4) is 11.1 Å². The first-order valence-corrected chi connectivity index (χ1v) is 10.8. The number of thiophene rings is 1. The molecule has 0 radical (unpaired) electrons. The molecular weight excluding hydrogens is 400 g/mol. The lowest BCUT2D eigenvalue weighted by atomic mass is 9.86. The number of nitrogens with zero attached hydrogens (tertiary/aromatic N) is 1. The van der Waals surface area contributed by atoms with Crippen molar-refractivity contribution < 1.29 is 0 Å². The van der Waals surface area contributed by atoms with Crippen molar-refractivity contribution in [3.05, 3.63) is 85.7 Å². The highest BCUT2D eigenvalue weighted by molar-refractivity contribution is 7.19. The molecule has 2 aromatic carbocycles. The minimum Gasteiger partial charge on any atom is -0.310 e. The summed E-state index contributed by atoms with van der Waals surface area (Å²) >= 11 is 7.53. The summed E-state index contributed by atoms with van der Waals surface area (Å²) in [5, 5.41) is 1.37. The number of aromatic amines is 1.